The normalized spacial score (nSPS) is 22.1. The van der Waals surface area contributed by atoms with Crippen LogP contribution in [-0.4, -0.2) is 73.5 Å². The van der Waals surface area contributed by atoms with Crippen molar-refractivity contribution in [2.45, 2.75) is 18.9 Å². The van der Waals surface area contributed by atoms with E-state index in [4.69, 9.17) is 4.74 Å². The highest BCUT2D eigenvalue weighted by atomic mass is 19.1. The Balaban J connectivity index is 1.44. The minimum atomic E-state index is -0.589. The molecule has 1 heterocycles. The van der Waals surface area contributed by atoms with Crippen LogP contribution in [0.15, 0.2) is 24.3 Å². The Labute approximate surface area is 157 Å². The molecule has 3 amide bonds. The number of carbonyl (C=O) groups is 3. The van der Waals surface area contributed by atoms with E-state index in [-0.39, 0.29) is 11.9 Å². The molecule has 0 aromatic heterocycles. The van der Waals surface area contributed by atoms with E-state index in [0.29, 0.717) is 44.3 Å². The van der Waals surface area contributed by atoms with Crippen molar-refractivity contribution in [3.63, 3.8) is 0 Å². The minimum Gasteiger partial charge on any atom is -0.384 e. The van der Waals surface area contributed by atoms with Gasteiger partial charge in [-0.25, -0.2) is 4.39 Å². The molecule has 146 valence electrons. The summed E-state index contributed by atoms with van der Waals surface area (Å²) in [4.78, 5) is 39.9. The monoisotopic (exact) mass is 377 g/mol. The number of amides is 3. The van der Waals surface area contributed by atoms with Crippen LogP contribution in [0.5, 0.6) is 0 Å². The third kappa shape index (κ3) is 4.63. The molecule has 0 radical (unpaired) electrons. The lowest BCUT2D eigenvalue weighted by Gasteiger charge is -2.37. The van der Waals surface area contributed by atoms with Crippen molar-refractivity contribution in [1.29, 1.82) is 0 Å². The molecular formula is C19H24FN3O4. The van der Waals surface area contributed by atoms with E-state index < -0.39 is 17.6 Å². The smallest absolute Gasteiger partial charge is 0.312 e. The topological polar surface area (TPSA) is 79.0 Å². The maximum Gasteiger partial charge on any atom is 0.312 e. The fourth-order valence-electron chi connectivity index (χ4n) is 3.50. The first-order chi connectivity index (χ1) is 13.0. The molecule has 8 heteroatoms. The predicted octanol–water partition coefficient (Wildman–Crippen LogP) is 0.651. The van der Waals surface area contributed by atoms with Crippen LogP contribution in [0.25, 0.3) is 0 Å². The summed E-state index contributed by atoms with van der Waals surface area (Å²) in [6.45, 7) is 1.96. The van der Waals surface area contributed by atoms with Crippen LogP contribution in [0.2, 0.25) is 0 Å². The number of nitrogens with zero attached hydrogens (tertiary/aromatic N) is 2. The lowest BCUT2D eigenvalue weighted by Crippen LogP contribution is -2.56. The van der Waals surface area contributed by atoms with E-state index in [1.54, 1.807) is 12.0 Å². The lowest BCUT2D eigenvalue weighted by molar-refractivity contribution is -0.147. The van der Waals surface area contributed by atoms with Gasteiger partial charge in [-0.2, -0.15) is 0 Å². The van der Waals surface area contributed by atoms with Crippen LogP contribution in [0.3, 0.4) is 0 Å². The average Bonchev–Trinajstić information content (AvgIpc) is 2.66. The average molecular weight is 377 g/mol. The molecule has 0 atom stereocenters. The zero-order valence-corrected chi connectivity index (χ0v) is 15.3. The van der Waals surface area contributed by atoms with E-state index in [1.165, 1.54) is 29.2 Å². The van der Waals surface area contributed by atoms with E-state index >= 15 is 0 Å². The summed E-state index contributed by atoms with van der Waals surface area (Å²) in [5.41, 5.74) is 0.407. The molecule has 1 aromatic carbocycles. The zero-order valence-electron chi connectivity index (χ0n) is 15.3. The largest absolute Gasteiger partial charge is 0.384 e. The number of benzene rings is 1. The molecule has 2 fully saturated rings. The molecule has 27 heavy (non-hydrogen) atoms. The summed E-state index contributed by atoms with van der Waals surface area (Å²) in [7, 11) is 1.65. The molecule has 0 bridgehead atoms. The van der Waals surface area contributed by atoms with E-state index in [2.05, 4.69) is 5.32 Å². The first-order valence-electron chi connectivity index (χ1n) is 9.11. The SMILES string of the molecule is COCC1CC(NC(=O)C(=O)N2CCN(C(=O)c3ccc(F)cc3)CC2)C1. The second-order valence-corrected chi connectivity index (χ2v) is 7.05. The Bertz CT molecular complexity index is 695. The van der Waals surface area contributed by atoms with Gasteiger partial charge in [0.15, 0.2) is 0 Å². The number of piperazine rings is 1. The van der Waals surface area contributed by atoms with Gasteiger partial charge in [0.05, 0.1) is 0 Å². The molecule has 1 saturated carbocycles. The highest BCUT2D eigenvalue weighted by Gasteiger charge is 2.34. The summed E-state index contributed by atoms with van der Waals surface area (Å²) >= 11 is 0. The van der Waals surface area contributed by atoms with Gasteiger partial charge >= 0.3 is 11.8 Å². The summed E-state index contributed by atoms with van der Waals surface area (Å²) < 4.78 is 18.0. The molecule has 1 aliphatic heterocycles. The van der Waals surface area contributed by atoms with Crippen molar-refractivity contribution in [3.05, 3.63) is 35.6 Å². The quantitative estimate of drug-likeness (QED) is 0.782. The number of halogens is 1. The summed E-state index contributed by atoms with van der Waals surface area (Å²) in [6.07, 6.45) is 1.65. The zero-order chi connectivity index (χ0) is 19.4. The van der Waals surface area contributed by atoms with Crippen LogP contribution >= 0.6 is 0 Å². The molecule has 1 saturated heterocycles. The van der Waals surface area contributed by atoms with Crippen molar-refractivity contribution in [1.82, 2.24) is 15.1 Å². The fourth-order valence-corrected chi connectivity index (χ4v) is 3.50. The number of hydrogen-bond acceptors (Lipinski definition) is 4. The van der Waals surface area contributed by atoms with Gasteiger partial charge in [0.1, 0.15) is 5.82 Å². The lowest BCUT2D eigenvalue weighted by atomic mass is 9.81. The third-order valence-corrected chi connectivity index (χ3v) is 5.11. The van der Waals surface area contributed by atoms with Gasteiger partial charge in [0.25, 0.3) is 5.91 Å². The van der Waals surface area contributed by atoms with Gasteiger partial charge in [0.2, 0.25) is 0 Å². The van der Waals surface area contributed by atoms with Gasteiger partial charge in [0, 0.05) is 51.5 Å². The fraction of sp³-hybridized carbons (Fsp3) is 0.526. The Hall–Kier alpha value is -2.48. The van der Waals surface area contributed by atoms with E-state index in [0.717, 1.165) is 12.8 Å². The molecule has 7 nitrogen and oxygen atoms in total. The van der Waals surface area contributed by atoms with Gasteiger partial charge in [-0.15, -0.1) is 0 Å². The van der Waals surface area contributed by atoms with Crippen molar-refractivity contribution in [2.24, 2.45) is 5.92 Å². The molecule has 1 aliphatic carbocycles. The first-order valence-corrected chi connectivity index (χ1v) is 9.11. The van der Waals surface area contributed by atoms with Crippen molar-refractivity contribution in [3.8, 4) is 0 Å². The van der Waals surface area contributed by atoms with Crippen molar-refractivity contribution in [2.75, 3.05) is 39.9 Å². The second kappa shape index (κ2) is 8.47. The molecule has 0 spiro atoms. The van der Waals surface area contributed by atoms with Crippen LogP contribution in [0.1, 0.15) is 23.2 Å². The van der Waals surface area contributed by atoms with Crippen molar-refractivity contribution >= 4 is 17.7 Å². The van der Waals surface area contributed by atoms with E-state index in [9.17, 15) is 18.8 Å². The number of hydrogen-bond donors (Lipinski definition) is 1. The Morgan fingerprint density at radius 2 is 1.67 bits per heavy atom. The molecule has 0 unspecified atom stereocenters. The van der Waals surface area contributed by atoms with Gasteiger partial charge < -0.3 is 19.9 Å². The third-order valence-electron chi connectivity index (χ3n) is 5.11. The van der Waals surface area contributed by atoms with Crippen LogP contribution in [0.4, 0.5) is 4.39 Å². The predicted molar refractivity (Wildman–Crippen MR) is 95.4 cm³/mol. The van der Waals surface area contributed by atoms with Gasteiger partial charge in [-0.1, -0.05) is 0 Å². The summed E-state index contributed by atoms with van der Waals surface area (Å²) in [5.74, 6) is -1.30. The number of carbonyl (C=O) groups excluding carboxylic acids is 3. The van der Waals surface area contributed by atoms with Crippen LogP contribution in [0, 0.1) is 11.7 Å². The molecule has 1 N–H and O–H groups in total. The summed E-state index contributed by atoms with van der Waals surface area (Å²) in [6, 6.07) is 5.41. The first kappa shape index (κ1) is 19.3. The highest BCUT2D eigenvalue weighted by Crippen LogP contribution is 2.27. The standard InChI is InChI=1S/C19H24FN3O4/c1-27-12-13-10-16(11-13)21-17(24)19(26)23-8-6-22(7-9-23)18(25)14-2-4-15(20)5-3-14/h2-5,13,16H,6-12H2,1H3,(H,21,24). The Morgan fingerprint density at radius 3 is 2.26 bits per heavy atom. The maximum atomic E-state index is 13.0. The maximum absolute atomic E-state index is 13.0. The van der Waals surface area contributed by atoms with Crippen LogP contribution < -0.4 is 5.32 Å². The molecule has 1 aromatic rings. The summed E-state index contributed by atoms with van der Waals surface area (Å²) in [5, 5.41) is 2.77. The number of rotatable bonds is 4. The van der Waals surface area contributed by atoms with Crippen molar-refractivity contribution < 1.29 is 23.5 Å². The number of ether oxygens (including phenoxy) is 1. The molecule has 3 rings (SSSR count). The van der Waals surface area contributed by atoms with Crippen LogP contribution in [-0.2, 0) is 14.3 Å². The molecular weight excluding hydrogens is 353 g/mol. The Kier molecular flexibility index (Phi) is 6.05. The minimum absolute atomic E-state index is 0.0305. The highest BCUT2D eigenvalue weighted by molar-refractivity contribution is 6.35. The molecule has 2 aliphatic rings. The second-order valence-electron chi connectivity index (χ2n) is 7.05. The number of nitrogens with one attached hydrogen (secondary N) is 1. The van der Waals surface area contributed by atoms with E-state index in [1.807, 2.05) is 0 Å². The number of methoxy groups -OCH3 is 1. The Morgan fingerprint density at radius 1 is 1.07 bits per heavy atom. The van der Waals surface area contributed by atoms with Gasteiger partial charge in [-0.3, -0.25) is 14.4 Å². The van der Waals surface area contributed by atoms with Gasteiger partial charge in [-0.05, 0) is 43.0 Å².